The zero-order chi connectivity index (χ0) is 34.0. The molecular weight excluding hydrogens is 626 g/mol. The van der Waals surface area contributed by atoms with Crippen LogP contribution in [0.3, 0.4) is 0 Å². The number of ether oxygens (including phenoxy) is 2. The van der Waals surface area contributed by atoms with Crippen LogP contribution in [0.5, 0.6) is 11.8 Å². The van der Waals surface area contributed by atoms with Crippen LogP contribution in [0.25, 0.3) is 32.9 Å². The van der Waals surface area contributed by atoms with Gasteiger partial charge in [0, 0.05) is 66.8 Å². The van der Waals surface area contributed by atoms with Gasteiger partial charge < -0.3 is 24.2 Å². The molecule has 10 heteroatoms. The molecule has 262 valence electrons. The lowest BCUT2D eigenvalue weighted by Crippen LogP contribution is -2.61. The second-order valence-corrected chi connectivity index (χ2v) is 15.5. The number of hydrogen-bond acceptors (Lipinski definition) is 8. The highest BCUT2D eigenvalue weighted by atomic mass is 16.5. The Balaban J connectivity index is 1.13. The average Bonchev–Trinajstić information content (AvgIpc) is 3.85. The quantitative estimate of drug-likeness (QED) is 0.194. The van der Waals surface area contributed by atoms with Gasteiger partial charge in [0.2, 0.25) is 5.91 Å². The Hall–Kier alpha value is -4.18. The highest BCUT2D eigenvalue weighted by Crippen LogP contribution is 2.53. The fourth-order valence-electron chi connectivity index (χ4n) is 9.15. The van der Waals surface area contributed by atoms with Crippen molar-refractivity contribution in [3.05, 3.63) is 48.2 Å². The number of aromatic nitrogens is 4. The number of carbonyl (C=O) groups excluding carboxylic acids is 1. The van der Waals surface area contributed by atoms with Crippen molar-refractivity contribution in [3.8, 4) is 22.9 Å². The molecular formula is C40H49N7O3. The Morgan fingerprint density at radius 2 is 1.82 bits per heavy atom. The number of piperidine rings is 2. The lowest BCUT2D eigenvalue weighted by molar-refractivity contribution is -0.139. The van der Waals surface area contributed by atoms with Crippen molar-refractivity contribution < 1.29 is 14.3 Å². The number of anilines is 1. The highest BCUT2D eigenvalue weighted by Gasteiger charge is 2.47. The van der Waals surface area contributed by atoms with Gasteiger partial charge in [-0.3, -0.25) is 9.89 Å². The number of carbonyl (C=O) groups is 1. The molecule has 5 fully saturated rings. The van der Waals surface area contributed by atoms with E-state index < -0.39 is 0 Å². The number of likely N-dealkylation sites (tertiary alicyclic amines) is 2. The summed E-state index contributed by atoms with van der Waals surface area (Å²) in [4.78, 5) is 29.7. The van der Waals surface area contributed by atoms with Gasteiger partial charge in [-0.15, -0.1) is 0 Å². The molecule has 0 radical (unpaired) electrons. The van der Waals surface area contributed by atoms with E-state index in [1.54, 1.807) is 0 Å². The first kappa shape index (κ1) is 31.8. The van der Waals surface area contributed by atoms with E-state index >= 15 is 0 Å². The van der Waals surface area contributed by atoms with Gasteiger partial charge in [0.15, 0.2) is 5.75 Å². The summed E-state index contributed by atoms with van der Waals surface area (Å²) >= 11 is 0. The molecule has 10 nitrogen and oxygen atoms in total. The monoisotopic (exact) mass is 675 g/mol. The minimum atomic E-state index is 0.0355. The summed E-state index contributed by atoms with van der Waals surface area (Å²) in [5.74, 6) is 2.27. The van der Waals surface area contributed by atoms with E-state index in [2.05, 4.69) is 58.6 Å². The number of aryl methyl sites for hydroxylation is 1. The van der Waals surface area contributed by atoms with E-state index in [-0.39, 0.29) is 17.4 Å². The third kappa shape index (κ3) is 5.50. The van der Waals surface area contributed by atoms with E-state index in [9.17, 15) is 4.79 Å². The van der Waals surface area contributed by atoms with E-state index in [0.717, 1.165) is 109 Å². The molecule has 0 unspecified atom stereocenters. The largest absolute Gasteiger partial charge is 0.491 e. The zero-order valence-corrected chi connectivity index (χ0v) is 29.5. The van der Waals surface area contributed by atoms with E-state index in [0.29, 0.717) is 24.6 Å². The van der Waals surface area contributed by atoms with Crippen molar-refractivity contribution >= 4 is 33.5 Å². The smallest absolute Gasteiger partial charge is 0.319 e. The second kappa shape index (κ2) is 12.5. The summed E-state index contributed by atoms with van der Waals surface area (Å²) in [6.07, 6.45) is 13.8. The third-order valence-corrected chi connectivity index (χ3v) is 12.2. The molecule has 1 amide bonds. The number of nitrogens with zero attached hydrogens (tertiary/aromatic N) is 6. The maximum Gasteiger partial charge on any atom is 0.319 e. The van der Waals surface area contributed by atoms with Crippen molar-refractivity contribution in [2.75, 3.05) is 50.8 Å². The van der Waals surface area contributed by atoms with Crippen LogP contribution in [0.1, 0.15) is 81.8 Å². The Morgan fingerprint density at radius 1 is 1.04 bits per heavy atom. The minimum absolute atomic E-state index is 0.0355. The van der Waals surface area contributed by atoms with Crippen LogP contribution in [-0.4, -0.2) is 93.9 Å². The van der Waals surface area contributed by atoms with Gasteiger partial charge in [-0.2, -0.15) is 15.1 Å². The number of benzene rings is 2. The van der Waals surface area contributed by atoms with Gasteiger partial charge >= 0.3 is 6.01 Å². The number of rotatable bonds is 9. The Kier molecular flexibility index (Phi) is 7.97. The summed E-state index contributed by atoms with van der Waals surface area (Å²) in [6.45, 7) is 14.2. The lowest BCUT2D eigenvalue weighted by atomic mass is 9.72. The Morgan fingerprint density at radius 3 is 2.54 bits per heavy atom. The Bertz CT molecular complexity index is 1940. The van der Waals surface area contributed by atoms with Gasteiger partial charge in [-0.25, -0.2) is 0 Å². The van der Waals surface area contributed by atoms with Crippen LogP contribution in [0.2, 0.25) is 0 Å². The molecule has 2 aromatic heterocycles. The van der Waals surface area contributed by atoms with Gasteiger partial charge in [-0.1, -0.05) is 19.1 Å². The first-order valence-electron chi connectivity index (χ1n) is 18.9. The fraction of sp³-hybridized carbons (Fsp3) is 0.550. The van der Waals surface area contributed by atoms with Crippen molar-refractivity contribution in [2.45, 2.75) is 89.7 Å². The van der Waals surface area contributed by atoms with Crippen molar-refractivity contribution in [2.24, 2.45) is 5.41 Å². The summed E-state index contributed by atoms with van der Waals surface area (Å²) in [5.41, 5.74) is 6.82. The molecule has 2 aliphatic carbocycles. The number of aromatic amines is 1. The number of amides is 1. The van der Waals surface area contributed by atoms with Crippen LogP contribution >= 0.6 is 0 Å². The van der Waals surface area contributed by atoms with Gasteiger partial charge in [0.25, 0.3) is 0 Å². The molecule has 50 heavy (non-hydrogen) atoms. The maximum absolute atomic E-state index is 12.2. The highest BCUT2D eigenvalue weighted by molar-refractivity contribution is 6.06. The first-order chi connectivity index (χ1) is 24.4. The Labute approximate surface area is 294 Å². The number of hydrogen-bond donors (Lipinski definition) is 1. The molecule has 5 aliphatic rings. The molecule has 4 aromatic rings. The molecule has 9 rings (SSSR count). The van der Waals surface area contributed by atoms with Gasteiger partial charge in [0.1, 0.15) is 17.4 Å². The number of nitrogens with one attached hydrogen (secondary N) is 1. The minimum Gasteiger partial charge on any atom is -0.491 e. The molecule has 3 saturated heterocycles. The van der Waals surface area contributed by atoms with E-state index in [1.165, 1.54) is 49.6 Å². The summed E-state index contributed by atoms with van der Waals surface area (Å²) in [6, 6.07) is 7.70. The van der Waals surface area contributed by atoms with Crippen LogP contribution in [0.4, 0.5) is 5.82 Å². The molecule has 2 saturated carbocycles. The molecule has 0 atom stereocenters. The van der Waals surface area contributed by atoms with Crippen molar-refractivity contribution in [3.63, 3.8) is 0 Å². The molecule has 1 spiro atoms. The van der Waals surface area contributed by atoms with Crippen molar-refractivity contribution in [1.29, 1.82) is 0 Å². The predicted octanol–water partition coefficient (Wildman–Crippen LogP) is 6.77. The fourth-order valence-corrected chi connectivity index (χ4v) is 9.15. The van der Waals surface area contributed by atoms with Crippen LogP contribution in [0.15, 0.2) is 37.1 Å². The normalized spacial score (nSPS) is 23.6. The van der Waals surface area contributed by atoms with Crippen LogP contribution in [0, 0.1) is 12.3 Å². The SMILES string of the molecule is C=CC(=O)N1CC2(CCN(c3nc(OC4CC(N5CCCCC5)C4)nc4c(OCC)c(-c5c(C)ccc6[nH]ncc56)c(C5CC5)cc34)CC2)C1. The van der Waals surface area contributed by atoms with Gasteiger partial charge in [0.05, 0.1) is 18.3 Å². The van der Waals surface area contributed by atoms with Crippen LogP contribution < -0.4 is 14.4 Å². The molecule has 0 bridgehead atoms. The topological polar surface area (TPSA) is 99.7 Å². The summed E-state index contributed by atoms with van der Waals surface area (Å²) in [5, 5.41) is 9.75. The molecule has 3 aliphatic heterocycles. The van der Waals surface area contributed by atoms with E-state index in [4.69, 9.17) is 19.4 Å². The summed E-state index contributed by atoms with van der Waals surface area (Å²) < 4.78 is 13.4. The average molecular weight is 676 g/mol. The molecule has 1 N–H and O–H groups in total. The third-order valence-electron chi connectivity index (χ3n) is 12.2. The maximum atomic E-state index is 12.2. The zero-order valence-electron chi connectivity index (χ0n) is 29.5. The second-order valence-electron chi connectivity index (χ2n) is 15.5. The number of fused-ring (bicyclic) bond motifs is 2. The van der Waals surface area contributed by atoms with Gasteiger partial charge in [-0.05, 0) is 106 Å². The van der Waals surface area contributed by atoms with Crippen LogP contribution in [-0.2, 0) is 4.79 Å². The predicted molar refractivity (Wildman–Crippen MR) is 196 cm³/mol. The first-order valence-corrected chi connectivity index (χ1v) is 18.9. The van der Waals surface area contributed by atoms with Crippen molar-refractivity contribution in [1.82, 2.24) is 30.0 Å². The summed E-state index contributed by atoms with van der Waals surface area (Å²) in [7, 11) is 0. The lowest BCUT2D eigenvalue weighted by Gasteiger charge is -2.54. The number of H-pyrrole nitrogens is 1. The molecule has 2 aromatic carbocycles. The molecule has 5 heterocycles. The standard InChI is InChI=1S/C40H49N7O3/c1-4-33(48)47-23-40(24-47)13-17-46(18-14-40)38-30-21-29(26-10-11-26)35(34-25(3)9-12-32-31(34)22-41-44-32)37(49-5-2)36(30)42-39(43-38)50-28-19-27(20-28)45-15-7-6-8-16-45/h4,9,12,21-22,26-28H,1,5-8,10-11,13-20,23-24H2,2-3H3,(H,41,44). The van der Waals surface area contributed by atoms with E-state index in [1.807, 2.05) is 11.1 Å².